The van der Waals surface area contributed by atoms with E-state index in [0.717, 1.165) is 61.2 Å². The fourth-order valence-electron chi connectivity index (χ4n) is 5.75. The van der Waals surface area contributed by atoms with Gasteiger partial charge in [0.25, 0.3) is 0 Å². The van der Waals surface area contributed by atoms with Crippen molar-refractivity contribution in [2.75, 3.05) is 10.2 Å². The lowest BCUT2D eigenvalue weighted by Crippen LogP contribution is -2.34. The number of nitrogens with zero attached hydrogens (tertiary/aromatic N) is 5. The van der Waals surface area contributed by atoms with Crippen molar-refractivity contribution in [3.8, 4) is 0 Å². The molecule has 2 saturated carbocycles. The largest absolute Gasteiger partial charge is 0.351 e. The number of fused-ring (bicyclic) bond motifs is 1. The number of imidazole rings is 1. The first-order valence-electron chi connectivity index (χ1n) is 13.2. The Bertz CT molecular complexity index is 1070. The van der Waals surface area contributed by atoms with Crippen LogP contribution in [0.15, 0.2) is 36.7 Å². The Labute approximate surface area is 203 Å². The Balaban J connectivity index is 1.60. The molecule has 2 heterocycles. The van der Waals surface area contributed by atoms with Crippen LogP contribution in [-0.2, 0) is 0 Å². The van der Waals surface area contributed by atoms with Gasteiger partial charge in [0.2, 0.25) is 5.95 Å². The highest BCUT2D eigenvalue weighted by molar-refractivity contribution is 5.88. The molecule has 34 heavy (non-hydrogen) atoms. The number of hydrogen-bond donors (Lipinski definition) is 2. The number of aromatic nitrogens is 4. The third kappa shape index (κ3) is 4.76. The maximum atomic E-state index is 6.15. The van der Waals surface area contributed by atoms with Gasteiger partial charge >= 0.3 is 0 Å². The van der Waals surface area contributed by atoms with E-state index in [4.69, 9.17) is 20.7 Å². The molecule has 0 spiro atoms. The molecular weight excluding hydrogens is 422 g/mol. The molecule has 0 radical (unpaired) electrons. The molecule has 2 fully saturated rings. The third-order valence-electron chi connectivity index (χ3n) is 7.64. The van der Waals surface area contributed by atoms with Crippen molar-refractivity contribution in [1.29, 1.82) is 0 Å². The molecule has 2 aromatic heterocycles. The first-order chi connectivity index (χ1) is 16.6. The molecule has 3 aromatic rings. The average Bonchev–Trinajstić information content (AvgIpc) is 3.52. The topological polar surface area (TPSA) is 84.9 Å². The van der Waals surface area contributed by atoms with Gasteiger partial charge in [-0.25, -0.2) is 4.98 Å². The summed E-state index contributed by atoms with van der Waals surface area (Å²) in [7, 11) is 0. The third-order valence-corrected chi connectivity index (χ3v) is 7.64. The molecule has 2 aliphatic carbocycles. The highest BCUT2D eigenvalue weighted by atomic mass is 15.3. The zero-order chi connectivity index (χ0) is 23.5. The predicted octanol–water partition coefficient (Wildman–Crippen LogP) is 5.95. The number of anilines is 3. The standard InChI is InChI=1S/C27H39N7/c1-3-9-19(2)34(23-12-5-4-6-13-23)26-24-25(33(18-29-24)22-10-7-8-11-22)31-27(32-26)30-21-16-14-20(28)15-17-21/h4-6,12-13,18-22H,3,7-11,14-17,28H2,1-2H3,(H,30,31,32). The van der Waals surface area contributed by atoms with Gasteiger partial charge in [-0.05, 0) is 64.0 Å². The van der Waals surface area contributed by atoms with Crippen LogP contribution in [0.3, 0.4) is 0 Å². The number of hydrogen-bond acceptors (Lipinski definition) is 6. The molecule has 0 amide bonds. The highest BCUT2D eigenvalue weighted by Crippen LogP contribution is 2.37. The summed E-state index contributed by atoms with van der Waals surface area (Å²) in [6.45, 7) is 4.53. The van der Waals surface area contributed by atoms with Crippen molar-refractivity contribution < 1.29 is 0 Å². The summed E-state index contributed by atoms with van der Waals surface area (Å²) in [5.41, 5.74) is 9.15. The number of nitrogens with one attached hydrogen (secondary N) is 1. The van der Waals surface area contributed by atoms with Crippen molar-refractivity contribution in [3.63, 3.8) is 0 Å². The molecule has 182 valence electrons. The van der Waals surface area contributed by atoms with Gasteiger partial charge in [-0.1, -0.05) is 44.4 Å². The molecule has 0 bridgehead atoms. The van der Waals surface area contributed by atoms with Crippen LogP contribution in [0.2, 0.25) is 0 Å². The molecule has 5 rings (SSSR count). The van der Waals surface area contributed by atoms with Crippen LogP contribution >= 0.6 is 0 Å². The highest BCUT2D eigenvalue weighted by Gasteiger charge is 2.27. The first kappa shape index (κ1) is 23.1. The van der Waals surface area contributed by atoms with Crippen LogP contribution in [0, 0.1) is 0 Å². The van der Waals surface area contributed by atoms with Gasteiger partial charge < -0.3 is 20.5 Å². The Kier molecular flexibility index (Phi) is 6.99. The predicted molar refractivity (Wildman–Crippen MR) is 140 cm³/mol. The van der Waals surface area contributed by atoms with Gasteiger partial charge in [0, 0.05) is 29.9 Å². The Morgan fingerprint density at radius 2 is 1.79 bits per heavy atom. The van der Waals surface area contributed by atoms with E-state index in [0.29, 0.717) is 30.1 Å². The fraction of sp³-hybridized carbons (Fsp3) is 0.593. The normalized spacial score (nSPS) is 22.2. The minimum Gasteiger partial charge on any atom is -0.351 e. The summed E-state index contributed by atoms with van der Waals surface area (Å²) >= 11 is 0. The number of nitrogens with two attached hydrogens (primary N) is 1. The zero-order valence-electron chi connectivity index (χ0n) is 20.7. The lowest BCUT2D eigenvalue weighted by molar-refractivity contribution is 0.410. The van der Waals surface area contributed by atoms with Crippen molar-refractivity contribution in [1.82, 2.24) is 19.5 Å². The Hall–Kier alpha value is -2.67. The summed E-state index contributed by atoms with van der Waals surface area (Å²) in [5, 5.41) is 3.67. The molecule has 1 unspecified atom stereocenters. The van der Waals surface area contributed by atoms with E-state index in [2.05, 4.69) is 59.0 Å². The SMILES string of the molecule is CCCC(C)N(c1ccccc1)c1nc(NC2CCC(N)CC2)nc2c1ncn2C1CCCC1. The molecule has 1 atom stereocenters. The number of benzene rings is 1. The van der Waals surface area contributed by atoms with Gasteiger partial charge in [-0.3, -0.25) is 0 Å². The first-order valence-corrected chi connectivity index (χ1v) is 13.2. The van der Waals surface area contributed by atoms with Crippen LogP contribution in [0.4, 0.5) is 17.5 Å². The van der Waals surface area contributed by atoms with Crippen LogP contribution in [0.1, 0.15) is 84.1 Å². The van der Waals surface area contributed by atoms with E-state index < -0.39 is 0 Å². The minimum absolute atomic E-state index is 0.294. The van der Waals surface area contributed by atoms with Crippen molar-refractivity contribution in [2.24, 2.45) is 5.73 Å². The minimum atomic E-state index is 0.294. The van der Waals surface area contributed by atoms with E-state index in [1.165, 1.54) is 25.7 Å². The van der Waals surface area contributed by atoms with Crippen molar-refractivity contribution in [3.05, 3.63) is 36.7 Å². The fourth-order valence-corrected chi connectivity index (χ4v) is 5.75. The molecule has 2 aliphatic rings. The van der Waals surface area contributed by atoms with Crippen molar-refractivity contribution >= 4 is 28.6 Å². The van der Waals surface area contributed by atoms with E-state index in [1.54, 1.807) is 0 Å². The molecule has 0 aliphatic heterocycles. The van der Waals surface area contributed by atoms with Gasteiger partial charge in [0.15, 0.2) is 17.0 Å². The zero-order valence-corrected chi connectivity index (χ0v) is 20.7. The summed E-state index contributed by atoms with van der Waals surface area (Å²) in [4.78, 5) is 17.5. The number of para-hydroxylation sites is 1. The average molecular weight is 462 g/mol. The smallest absolute Gasteiger partial charge is 0.227 e. The maximum Gasteiger partial charge on any atom is 0.227 e. The second-order valence-corrected chi connectivity index (χ2v) is 10.2. The van der Waals surface area contributed by atoms with Crippen LogP contribution in [0.25, 0.3) is 11.2 Å². The lowest BCUT2D eigenvalue weighted by Gasteiger charge is -2.31. The molecule has 7 nitrogen and oxygen atoms in total. The van der Waals surface area contributed by atoms with Crippen molar-refractivity contribution in [2.45, 2.75) is 102 Å². The van der Waals surface area contributed by atoms with E-state index in [1.807, 2.05) is 6.33 Å². The molecule has 3 N–H and O–H groups in total. The van der Waals surface area contributed by atoms with E-state index in [9.17, 15) is 0 Å². The summed E-state index contributed by atoms with van der Waals surface area (Å²) in [5.74, 6) is 1.62. The van der Waals surface area contributed by atoms with Gasteiger partial charge in [-0.15, -0.1) is 0 Å². The second-order valence-electron chi connectivity index (χ2n) is 10.2. The van der Waals surface area contributed by atoms with E-state index in [-0.39, 0.29) is 0 Å². The van der Waals surface area contributed by atoms with Crippen LogP contribution in [0.5, 0.6) is 0 Å². The summed E-state index contributed by atoms with van der Waals surface area (Å²) in [6, 6.07) is 12.1. The molecule has 7 heteroatoms. The maximum absolute atomic E-state index is 6.15. The lowest BCUT2D eigenvalue weighted by atomic mass is 9.92. The monoisotopic (exact) mass is 461 g/mol. The Morgan fingerprint density at radius 1 is 1.06 bits per heavy atom. The molecule has 0 saturated heterocycles. The summed E-state index contributed by atoms with van der Waals surface area (Å²) < 4.78 is 2.31. The second kappa shape index (κ2) is 10.3. The summed E-state index contributed by atoms with van der Waals surface area (Å²) in [6.07, 6.45) is 13.4. The van der Waals surface area contributed by atoms with Gasteiger partial charge in [0.1, 0.15) is 0 Å². The van der Waals surface area contributed by atoms with E-state index >= 15 is 0 Å². The van der Waals surface area contributed by atoms with Crippen LogP contribution in [-0.4, -0.2) is 37.6 Å². The Morgan fingerprint density at radius 3 is 2.50 bits per heavy atom. The number of rotatable bonds is 8. The van der Waals surface area contributed by atoms with Gasteiger partial charge in [-0.2, -0.15) is 9.97 Å². The molecular formula is C27H39N7. The quantitative estimate of drug-likeness (QED) is 0.431. The van der Waals surface area contributed by atoms with Gasteiger partial charge in [0.05, 0.1) is 6.33 Å². The molecule has 1 aromatic carbocycles. The van der Waals surface area contributed by atoms with Crippen LogP contribution < -0.4 is 16.0 Å².